The van der Waals surface area contributed by atoms with Gasteiger partial charge in [-0.2, -0.15) is 0 Å². The summed E-state index contributed by atoms with van der Waals surface area (Å²) in [6, 6.07) is 0. The maximum absolute atomic E-state index is 9.65. The molecule has 127 valence electrons. The molecule has 22 heavy (non-hydrogen) atoms. The molecule has 0 bridgehead atoms. The molecule has 0 aliphatic heterocycles. The molecule has 0 saturated heterocycles. The van der Waals surface area contributed by atoms with Crippen molar-refractivity contribution in [2.24, 2.45) is 0 Å². The van der Waals surface area contributed by atoms with Gasteiger partial charge < -0.3 is 29.7 Å². The largest absolute Gasteiger partial charge is 3.00 e. The summed E-state index contributed by atoms with van der Waals surface area (Å²) < 4.78 is 0. The zero-order chi connectivity index (χ0) is 17.1. The van der Waals surface area contributed by atoms with E-state index in [9.17, 15) is 29.7 Å². The molecular weight excluding hydrogens is 420 g/mol. The SMILES string of the molecule is CCCCC(=O)[O-].CCCCC(=O)[O-].CCCCC(=O)[O-].[Nd+3]. The number of carbonyl (C=O) groups is 3. The van der Waals surface area contributed by atoms with Crippen LogP contribution in [0.2, 0.25) is 0 Å². The number of unbranched alkanes of at least 4 members (excludes halogenated alkanes) is 3. The summed E-state index contributed by atoms with van der Waals surface area (Å²) in [5.41, 5.74) is 0. The Labute approximate surface area is 166 Å². The van der Waals surface area contributed by atoms with Gasteiger partial charge in [0, 0.05) is 17.9 Å². The van der Waals surface area contributed by atoms with Crippen LogP contribution in [0.1, 0.15) is 78.6 Å². The van der Waals surface area contributed by atoms with Gasteiger partial charge in [0.1, 0.15) is 0 Å². The molecule has 0 aromatic carbocycles. The van der Waals surface area contributed by atoms with Crippen molar-refractivity contribution in [3.63, 3.8) is 0 Å². The smallest absolute Gasteiger partial charge is 0.550 e. The third-order valence-corrected chi connectivity index (χ3v) is 2.20. The van der Waals surface area contributed by atoms with Crippen molar-refractivity contribution < 1.29 is 70.5 Å². The van der Waals surface area contributed by atoms with E-state index >= 15 is 0 Å². The maximum atomic E-state index is 9.65. The summed E-state index contributed by atoms with van der Waals surface area (Å²) in [5.74, 6) is -2.83. The van der Waals surface area contributed by atoms with Gasteiger partial charge in [0.15, 0.2) is 0 Å². The molecule has 0 N–H and O–H groups in total. The molecular formula is C15H27NdO6. The first-order chi connectivity index (χ1) is 9.81. The predicted octanol–water partition coefficient (Wildman–Crippen LogP) is -0.220. The Morgan fingerprint density at radius 3 is 0.818 bits per heavy atom. The standard InChI is InChI=1S/3C5H10O2.Nd/c3*1-2-3-4-5(6)7;/h3*2-4H2,1H3,(H,6,7);/q;;;+3/p-3. The second-order valence-electron chi connectivity index (χ2n) is 4.43. The summed E-state index contributed by atoms with van der Waals surface area (Å²) in [5, 5.41) is 28.9. The van der Waals surface area contributed by atoms with Crippen LogP contribution in [0.15, 0.2) is 0 Å². The van der Waals surface area contributed by atoms with E-state index in [1.807, 2.05) is 20.8 Å². The minimum atomic E-state index is -0.943. The van der Waals surface area contributed by atoms with Crippen molar-refractivity contribution in [3.8, 4) is 0 Å². The van der Waals surface area contributed by atoms with Crippen molar-refractivity contribution in [2.45, 2.75) is 78.6 Å². The third kappa shape index (κ3) is 50.3. The fourth-order valence-electron chi connectivity index (χ4n) is 0.963. The van der Waals surface area contributed by atoms with Gasteiger partial charge >= 0.3 is 40.8 Å². The molecule has 0 aromatic heterocycles. The molecule has 0 aliphatic carbocycles. The van der Waals surface area contributed by atoms with E-state index in [4.69, 9.17) is 0 Å². The van der Waals surface area contributed by atoms with Crippen LogP contribution in [-0.2, 0) is 14.4 Å². The molecule has 0 fully saturated rings. The first-order valence-corrected chi connectivity index (χ1v) is 7.41. The molecule has 0 aromatic rings. The molecule has 6 nitrogen and oxygen atoms in total. The minimum Gasteiger partial charge on any atom is -0.550 e. The molecule has 0 aliphatic rings. The molecule has 0 atom stereocenters. The fourth-order valence-corrected chi connectivity index (χ4v) is 0.963. The Balaban J connectivity index is -0.000000108. The van der Waals surface area contributed by atoms with Crippen LogP contribution in [0, 0.1) is 40.8 Å². The number of aliphatic carboxylic acids is 3. The molecule has 0 heterocycles. The van der Waals surface area contributed by atoms with Crippen molar-refractivity contribution in [1.82, 2.24) is 0 Å². The molecule has 0 unspecified atom stereocenters. The summed E-state index contributed by atoms with van der Waals surface area (Å²) in [4.78, 5) is 28.9. The Kier molecular flexibility index (Phi) is 34.7. The van der Waals surface area contributed by atoms with E-state index in [2.05, 4.69) is 0 Å². The minimum absolute atomic E-state index is 0. The summed E-state index contributed by atoms with van der Waals surface area (Å²) in [6.45, 7) is 5.84. The molecule has 0 rings (SSSR count). The Morgan fingerprint density at radius 2 is 0.773 bits per heavy atom. The molecule has 0 saturated carbocycles. The van der Waals surface area contributed by atoms with E-state index in [1.54, 1.807) is 0 Å². The summed E-state index contributed by atoms with van der Waals surface area (Å²) >= 11 is 0. The van der Waals surface area contributed by atoms with E-state index in [0.29, 0.717) is 0 Å². The Morgan fingerprint density at radius 1 is 0.591 bits per heavy atom. The predicted molar refractivity (Wildman–Crippen MR) is 73.6 cm³/mol. The number of rotatable bonds is 9. The number of carboxylic acid groups (broad SMARTS) is 3. The van der Waals surface area contributed by atoms with Crippen molar-refractivity contribution in [2.75, 3.05) is 0 Å². The quantitative estimate of drug-likeness (QED) is 0.482. The van der Waals surface area contributed by atoms with Crippen LogP contribution < -0.4 is 15.3 Å². The van der Waals surface area contributed by atoms with Gasteiger partial charge in [0.25, 0.3) is 0 Å². The normalized spacial score (nSPS) is 8.32. The second kappa shape index (κ2) is 25.7. The molecule has 1 radical (unpaired) electrons. The van der Waals surface area contributed by atoms with Crippen molar-refractivity contribution in [3.05, 3.63) is 0 Å². The average Bonchev–Trinajstić information content (AvgIpc) is 2.41. The monoisotopic (exact) mass is 445 g/mol. The van der Waals surface area contributed by atoms with E-state index in [1.165, 1.54) is 0 Å². The molecule has 0 amide bonds. The topological polar surface area (TPSA) is 120 Å². The van der Waals surface area contributed by atoms with Gasteiger partial charge in [0.05, 0.1) is 0 Å². The van der Waals surface area contributed by atoms with Crippen LogP contribution in [0.5, 0.6) is 0 Å². The maximum Gasteiger partial charge on any atom is 3.00 e. The van der Waals surface area contributed by atoms with Crippen LogP contribution >= 0.6 is 0 Å². The van der Waals surface area contributed by atoms with Gasteiger partial charge in [0.2, 0.25) is 0 Å². The second-order valence-corrected chi connectivity index (χ2v) is 4.43. The summed E-state index contributed by atoms with van der Waals surface area (Å²) in [6.07, 6.45) is 5.60. The van der Waals surface area contributed by atoms with Gasteiger partial charge in [-0.3, -0.25) is 0 Å². The van der Waals surface area contributed by atoms with E-state index in [-0.39, 0.29) is 60.1 Å². The van der Waals surface area contributed by atoms with Gasteiger partial charge in [-0.15, -0.1) is 0 Å². The van der Waals surface area contributed by atoms with Crippen molar-refractivity contribution >= 4 is 17.9 Å². The van der Waals surface area contributed by atoms with E-state index in [0.717, 1.165) is 38.5 Å². The third-order valence-electron chi connectivity index (χ3n) is 2.20. The zero-order valence-corrected chi connectivity index (χ0v) is 17.0. The van der Waals surface area contributed by atoms with E-state index < -0.39 is 17.9 Å². The van der Waals surface area contributed by atoms with Gasteiger partial charge in [-0.25, -0.2) is 0 Å². The fraction of sp³-hybridized carbons (Fsp3) is 0.800. The number of hydrogen-bond acceptors (Lipinski definition) is 6. The number of carboxylic acids is 3. The van der Waals surface area contributed by atoms with Gasteiger partial charge in [-0.05, 0) is 38.5 Å². The summed E-state index contributed by atoms with van der Waals surface area (Å²) in [7, 11) is 0. The van der Waals surface area contributed by atoms with Crippen LogP contribution in [-0.4, -0.2) is 17.9 Å². The Bertz CT molecular complexity index is 226. The van der Waals surface area contributed by atoms with Crippen molar-refractivity contribution in [1.29, 1.82) is 0 Å². The Hall–Kier alpha value is -0.239. The molecule has 7 heteroatoms. The first kappa shape index (κ1) is 29.7. The average molecular weight is 448 g/mol. The number of carbonyl (C=O) groups excluding carboxylic acids is 3. The molecule has 0 spiro atoms. The first-order valence-electron chi connectivity index (χ1n) is 7.41. The van der Waals surface area contributed by atoms with Crippen LogP contribution in [0.4, 0.5) is 0 Å². The van der Waals surface area contributed by atoms with Gasteiger partial charge in [-0.1, -0.05) is 40.0 Å². The van der Waals surface area contributed by atoms with Crippen LogP contribution in [0.25, 0.3) is 0 Å². The zero-order valence-electron chi connectivity index (χ0n) is 13.8. The van der Waals surface area contributed by atoms with Crippen LogP contribution in [0.3, 0.4) is 0 Å². The number of hydrogen-bond donors (Lipinski definition) is 0.